The number of benzene rings is 1. The maximum absolute atomic E-state index is 12.3. The monoisotopic (exact) mass is 458 g/mol. The van der Waals surface area contributed by atoms with E-state index in [1.165, 1.54) is 0 Å². The lowest BCUT2D eigenvalue weighted by Crippen LogP contribution is -2.19. The number of nitrogens with zero attached hydrogens (tertiary/aromatic N) is 3. The Bertz CT molecular complexity index is 978. The van der Waals surface area contributed by atoms with Crippen molar-refractivity contribution in [3.63, 3.8) is 0 Å². The van der Waals surface area contributed by atoms with Crippen molar-refractivity contribution >= 4 is 40.6 Å². The minimum Gasteiger partial charge on any atom is -0.504 e. The fraction of sp³-hybridized carbons (Fsp3) is 0.316. The summed E-state index contributed by atoms with van der Waals surface area (Å²) in [6, 6.07) is 1.60. The number of carbonyl (C=O) groups is 1. The van der Waals surface area contributed by atoms with Crippen LogP contribution in [0.15, 0.2) is 17.1 Å². The maximum atomic E-state index is 12.3. The van der Waals surface area contributed by atoms with Crippen LogP contribution in [0.2, 0.25) is 10.2 Å². The number of carbonyl (C=O) groups excluding carboxylic acids is 1. The maximum Gasteiger partial charge on any atom is 0.315 e. The van der Waals surface area contributed by atoms with Crippen molar-refractivity contribution in [1.82, 2.24) is 4.98 Å². The molecule has 0 aliphatic rings. The van der Waals surface area contributed by atoms with Gasteiger partial charge in [-0.1, -0.05) is 50.9 Å². The summed E-state index contributed by atoms with van der Waals surface area (Å²) in [6.07, 6.45) is 0. The average molecular weight is 459 g/mol. The number of rotatable bonds is 3. The van der Waals surface area contributed by atoms with Crippen LogP contribution in [-0.2, 0) is 0 Å². The highest BCUT2D eigenvalue weighted by molar-refractivity contribution is 6.36. The van der Waals surface area contributed by atoms with Crippen LogP contribution in [0.25, 0.3) is 0 Å². The van der Waals surface area contributed by atoms with E-state index in [0.29, 0.717) is 16.3 Å². The lowest BCUT2D eigenvalue weighted by atomic mass is 10.1. The largest absolute Gasteiger partial charge is 0.504 e. The number of halogens is 2. The summed E-state index contributed by atoms with van der Waals surface area (Å²) in [5.74, 6) is -3.10. The summed E-state index contributed by atoms with van der Waals surface area (Å²) in [5.41, 5.74) is 5.69. The molecule has 1 amide bonds. The summed E-state index contributed by atoms with van der Waals surface area (Å²) >= 11 is 12.1. The van der Waals surface area contributed by atoms with Crippen LogP contribution in [0.5, 0.6) is 11.5 Å². The molecule has 164 valence electrons. The second-order valence-electron chi connectivity index (χ2n) is 5.22. The van der Waals surface area contributed by atoms with E-state index in [1.54, 1.807) is 13.8 Å². The molecule has 2 aromatic rings. The van der Waals surface area contributed by atoms with E-state index < -0.39 is 28.0 Å². The van der Waals surface area contributed by atoms with Crippen LogP contribution in [0.3, 0.4) is 0 Å². The number of aliphatic imine (C=N–C) groups is 1. The number of phenolic OH excluding ortho intramolecular Hbond substituents is 2. The molecular weight excluding hydrogens is 435 g/mol. The molecule has 9 nitrogen and oxygen atoms in total. The van der Waals surface area contributed by atoms with E-state index in [9.17, 15) is 25.1 Å². The van der Waals surface area contributed by atoms with Crippen LogP contribution >= 0.6 is 23.2 Å². The van der Waals surface area contributed by atoms with E-state index in [0.717, 1.165) is 12.1 Å². The van der Waals surface area contributed by atoms with Gasteiger partial charge < -0.3 is 15.9 Å². The Morgan fingerprint density at radius 2 is 1.70 bits per heavy atom. The second kappa shape index (κ2) is 11.9. The first-order valence-corrected chi connectivity index (χ1v) is 9.71. The summed E-state index contributed by atoms with van der Waals surface area (Å²) in [7, 11) is 0. The summed E-state index contributed by atoms with van der Waals surface area (Å²) in [4.78, 5) is 29.8. The van der Waals surface area contributed by atoms with Crippen LogP contribution in [0.1, 0.15) is 54.9 Å². The van der Waals surface area contributed by atoms with Gasteiger partial charge in [0.05, 0.1) is 26.8 Å². The molecule has 0 aliphatic carbocycles. The van der Waals surface area contributed by atoms with E-state index in [-0.39, 0.29) is 22.1 Å². The molecule has 0 saturated heterocycles. The third-order valence-corrected chi connectivity index (χ3v) is 4.32. The number of amides is 1. The van der Waals surface area contributed by atoms with Crippen LogP contribution in [0.4, 0.5) is 5.69 Å². The number of aromatic nitrogens is 1. The van der Waals surface area contributed by atoms with Crippen molar-refractivity contribution in [2.24, 2.45) is 10.7 Å². The number of amidine groups is 1. The van der Waals surface area contributed by atoms with Gasteiger partial charge in [-0.05, 0) is 25.5 Å². The quantitative estimate of drug-likeness (QED) is 0.147. The molecule has 0 atom stereocenters. The molecular formula is C19H24Cl2N4O5. The van der Waals surface area contributed by atoms with Crippen molar-refractivity contribution in [3.8, 4) is 11.5 Å². The second-order valence-corrected chi connectivity index (χ2v) is 5.96. The first kappa shape index (κ1) is 27.1. The van der Waals surface area contributed by atoms with Gasteiger partial charge in [-0.15, -0.1) is 0 Å². The van der Waals surface area contributed by atoms with Crippen LogP contribution in [-0.4, -0.2) is 31.9 Å². The van der Waals surface area contributed by atoms with E-state index in [4.69, 9.17) is 28.9 Å². The van der Waals surface area contributed by atoms with E-state index in [2.05, 4.69) is 9.98 Å². The Hall–Kier alpha value is -2.91. The summed E-state index contributed by atoms with van der Waals surface area (Å²) in [6.45, 7) is 11.3. The molecule has 1 aromatic heterocycles. The van der Waals surface area contributed by atoms with Crippen molar-refractivity contribution in [3.05, 3.63) is 54.8 Å². The van der Waals surface area contributed by atoms with Gasteiger partial charge in [-0.25, -0.2) is 4.98 Å². The highest BCUT2D eigenvalue weighted by Gasteiger charge is 2.22. The number of aryl methyl sites for hydroxylation is 1. The van der Waals surface area contributed by atoms with Gasteiger partial charge in [0.1, 0.15) is 11.0 Å². The third kappa shape index (κ3) is 6.04. The fourth-order valence-corrected chi connectivity index (χ4v) is 2.68. The number of nitro groups is 1. The molecule has 0 spiro atoms. The number of hydrogen-bond acceptors (Lipinski definition) is 6. The molecule has 0 radical (unpaired) electrons. The zero-order valence-corrected chi connectivity index (χ0v) is 19.0. The van der Waals surface area contributed by atoms with Gasteiger partial charge in [0.2, 0.25) is 5.75 Å². The van der Waals surface area contributed by atoms with Gasteiger partial charge in [0.15, 0.2) is 5.75 Å². The number of pyridine rings is 1. The molecule has 0 bridgehead atoms. The molecule has 4 N–H and O–H groups in total. The SMILES string of the molecule is CC.CC.Cc1nc(Cl)c(C(N)=NC(=O)c2cc(O)c(O)c([N+](=O)[O-])c2)c(C)c1Cl. The Labute approximate surface area is 184 Å². The lowest BCUT2D eigenvalue weighted by Gasteiger charge is -2.11. The Balaban J connectivity index is 0.00000198. The minimum atomic E-state index is -0.993. The topological polar surface area (TPSA) is 152 Å². The molecule has 0 aliphatic heterocycles. The molecule has 2 rings (SSSR count). The van der Waals surface area contributed by atoms with Gasteiger partial charge in [-0.2, -0.15) is 4.99 Å². The lowest BCUT2D eigenvalue weighted by molar-refractivity contribution is -0.386. The molecule has 0 unspecified atom stereocenters. The predicted molar refractivity (Wildman–Crippen MR) is 118 cm³/mol. The van der Waals surface area contributed by atoms with Crippen molar-refractivity contribution < 1.29 is 19.9 Å². The smallest absolute Gasteiger partial charge is 0.315 e. The molecule has 0 fully saturated rings. The number of hydrogen-bond donors (Lipinski definition) is 3. The number of aromatic hydroxyl groups is 2. The molecule has 1 heterocycles. The normalized spacial score (nSPS) is 10.3. The van der Waals surface area contributed by atoms with Crippen molar-refractivity contribution in [1.29, 1.82) is 0 Å². The Kier molecular flexibility index (Phi) is 10.8. The summed E-state index contributed by atoms with van der Waals surface area (Å²) in [5, 5.41) is 30.2. The van der Waals surface area contributed by atoms with Crippen LogP contribution < -0.4 is 5.73 Å². The summed E-state index contributed by atoms with van der Waals surface area (Å²) < 4.78 is 0. The molecule has 30 heavy (non-hydrogen) atoms. The molecule has 0 saturated carbocycles. The highest BCUT2D eigenvalue weighted by atomic mass is 35.5. The molecule has 1 aromatic carbocycles. The highest BCUT2D eigenvalue weighted by Crippen LogP contribution is 2.36. The first-order valence-electron chi connectivity index (χ1n) is 8.96. The average Bonchev–Trinajstić information content (AvgIpc) is 2.70. The van der Waals surface area contributed by atoms with Crippen LogP contribution in [0, 0.1) is 24.0 Å². The van der Waals surface area contributed by atoms with Gasteiger partial charge in [-0.3, -0.25) is 14.9 Å². The number of phenols is 2. The van der Waals surface area contributed by atoms with Crippen molar-refractivity contribution in [2.45, 2.75) is 41.5 Å². The first-order chi connectivity index (χ1) is 14.0. The molecule has 11 heteroatoms. The predicted octanol–water partition coefficient (Wildman–Crippen LogP) is 4.92. The van der Waals surface area contributed by atoms with Crippen molar-refractivity contribution in [2.75, 3.05) is 0 Å². The number of nitro benzene ring substituents is 1. The van der Waals surface area contributed by atoms with Gasteiger partial charge >= 0.3 is 5.69 Å². The standard InChI is InChI=1S/C15H12Cl2N4O5.2C2H6/c1-5-10(13(17)19-6(2)11(5)16)14(18)20-15(24)7-3-8(21(25)26)12(23)9(22)4-7;2*1-2/h3-4,22-23H,1-2H3,(H2,18,20,24);2*1-2H3. The Morgan fingerprint density at radius 1 is 1.17 bits per heavy atom. The van der Waals surface area contributed by atoms with Gasteiger partial charge in [0, 0.05) is 6.07 Å². The third-order valence-electron chi connectivity index (χ3n) is 3.49. The zero-order chi connectivity index (χ0) is 23.8. The van der Waals surface area contributed by atoms with E-state index in [1.807, 2.05) is 27.7 Å². The van der Waals surface area contributed by atoms with Gasteiger partial charge in [0.25, 0.3) is 5.91 Å². The number of nitrogens with two attached hydrogens (primary N) is 1. The van der Waals surface area contributed by atoms with E-state index >= 15 is 0 Å². The fourth-order valence-electron chi connectivity index (χ4n) is 2.18. The zero-order valence-electron chi connectivity index (χ0n) is 17.4. The Morgan fingerprint density at radius 3 is 2.20 bits per heavy atom. The minimum absolute atomic E-state index is 0.0158.